The molecule has 3 aromatic rings. The fraction of sp³-hybridized carbons (Fsp3) is 0.286. The number of benzene rings is 2. The van der Waals surface area contributed by atoms with Crippen molar-refractivity contribution in [2.24, 2.45) is 0 Å². The number of halogens is 1. The Hall–Kier alpha value is -2.67. The molecule has 0 aliphatic carbocycles. The van der Waals surface area contributed by atoms with Crippen molar-refractivity contribution >= 4 is 17.7 Å². The average molecular weight is 399 g/mol. The summed E-state index contributed by atoms with van der Waals surface area (Å²) in [5.41, 5.74) is 3.01. The fourth-order valence-electron chi connectivity index (χ4n) is 2.94. The van der Waals surface area contributed by atoms with Gasteiger partial charge in [0, 0.05) is 7.05 Å². The number of amides is 1. The van der Waals surface area contributed by atoms with Crippen LogP contribution in [0.3, 0.4) is 0 Å². The lowest BCUT2D eigenvalue weighted by atomic mass is 10.1. The van der Waals surface area contributed by atoms with Crippen molar-refractivity contribution in [1.82, 2.24) is 19.7 Å². The summed E-state index contributed by atoms with van der Waals surface area (Å²) in [5.74, 6) is 0.703. The summed E-state index contributed by atoms with van der Waals surface area (Å²) in [6.45, 7) is 5.86. The summed E-state index contributed by atoms with van der Waals surface area (Å²) in [6, 6.07) is 14.1. The molecule has 7 heteroatoms. The lowest BCUT2D eigenvalue weighted by Gasteiger charge is -2.25. The van der Waals surface area contributed by atoms with Crippen molar-refractivity contribution in [2.75, 3.05) is 12.8 Å². The van der Waals surface area contributed by atoms with Crippen LogP contribution < -0.4 is 0 Å². The highest BCUT2D eigenvalue weighted by atomic mass is 32.2. The molecule has 0 saturated heterocycles. The van der Waals surface area contributed by atoms with Crippen LogP contribution in [0.25, 0.3) is 5.69 Å². The van der Waals surface area contributed by atoms with Gasteiger partial charge in [-0.05, 0) is 50.1 Å². The third kappa shape index (κ3) is 4.25. The minimum atomic E-state index is -0.286. The predicted octanol–water partition coefficient (Wildman–Crippen LogP) is 4.33. The molecular weight excluding hydrogens is 375 g/mol. The number of aryl methyl sites for hydroxylation is 2. The predicted molar refractivity (Wildman–Crippen MR) is 109 cm³/mol. The summed E-state index contributed by atoms with van der Waals surface area (Å²) >= 11 is 1.36. The molecule has 2 aromatic carbocycles. The van der Waals surface area contributed by atoms with Crippen molar-refractivity contribution in [3.05, 3.63) is 71.3 Å². The van der Waals surface area contributed by atoms with E-state index >= 15 is 0 Å². The topological polar surface area (TPSA) is 51.0 Å². The van der Waals surface area contributed by atoms with E-state index in [-0.39, 0.29) is 23.5 Å². The fourth-order valence-corrected chi connectivity index (χ4v) is 3.85. The van der Waals surface area contributed by atoms with Crippen molar-refractivity contribution < 1.29 is 9.18 Å². The van der Waals surface area contributed by atoms with Crippen LogP contribution in [-0.4, -0.2) is 38.4 Å². The summed E-state index contributed by atoms with van der Waals surface area (Å²) in [6.07, 6.45) is 0. The molecule has 146 valence electrons. The van der Waals surface area contributed by atoms with Gasteiger partial charge >= 0.3 is 0 Å². The van der Waals surface area contributed by atoms with E-state index in [9.17, 15) is 9.18 Å². The minimum Gasteiger partial charge on any atom is -0.338 e. The molecule has 0 aliphatic rings. The Morgan fingerprint density at radius 1 is 1.14 bits per heavy atom. The van der Waals surface area contributed by atoms with E-state index in [0.29, 0.717) is 5.16 Å². The van der Waals surface area contributed by atoms with Gasteiger partial charge in [0.05, 0.1) is 17.5 Å². The summed E-state index contributed by atoms with van der Waals surface area (Å²) in [5, 5.41) is 9.10. The molecule has 5 nitrogen and oxygen atoms in total. The lowest BCUT2D eigenvalue weighted by molar-refractivity contribution is -0.128. The average Bonchev–Trinajstić information content (AvgIpc) is 3.06. The Balaban J connectivity index is 1.71. The monoisotopic (exact) mass is 398 g/mol. The molecule has 3 rings (SSSR count). The first-order valence-electron chi connectivity index (χ1n) is 9.00. The van der Waals surface area contributed by atoms with E-state index in [1.54, 1.807) is 24.1 Å². The third-order valence-electron chi connectivity index (χ3n) is 4.80. The highest BCUT2D eigenvalue weighted by molar-refractivity contribution is 7.99. The minimum absolute atomic E-state index is 0.0289. The number of carbonyl (C=O) groups is 1. The zero-order chi connectivity index (χ0) is 20.3. The second kappa shape index (κ2) is 8.56. The lowest BCUT2D eigenvalue weighted by Crippen LogP contribution is -2.31. The summed E-state index contributed by atoms with van der Waals surface area (Å²) < 4.78 is 15.1. The molecule has 1 heterocycles. The second-order valence-corrected chi connectivity index (χ2v) is 7.62. The van der Waals surface area contributed by atoms with Crippen LogP contribution in [-0.2, 0) is 4.79 Å². The molecule has 1 amide bonds. The number of hydrogen-bond acceptors (Lipinski definition) is 4. The van der Waals surface area contributed by atoms with E-state index in [0.717, 1.165) is 22.6 Å². The van der Waals surface area contributed by atoms with E-state index < -0.39 is 0 Å². The summed E-state index contributed by atoms with van der Waals surface area (Å²) in [7, 11) is 1.76. The van der Waals surface area contributed by atoms with E-state index in [2.05, 4.69) is 10.2 Å². The third-order valence-corrected chi connectivity index (χ3v) is 5.72. The number of carbonyl (C=O) groups excluding carboxylic acids is 1. The van der Waals surface area contributed by atoms with Gasteiger partial charge in [0.1, 0.15) is 11.6 Å². The molecule has 0 fully saturated rings. The van der Waals surface area contributed by atoms with Crippen molar-refractivity contribution in [2.45, 2.75) is 32.0 Å². The van der Waals surface area contributed by atoms with Gasteiger partial charge in [0.2, 0.25) is 5.91 Å². The standard InChI is InChI=1S/C21H23FN4OS/c1-14-7-5-6-8-19(14)26-16(3)23-24-21(26)28-13-20(27)25(4)15(2)17-9-11-18(22)12-10-17/h5-12,15H,13H2,1-4H3. The maximum absolute atomic E-state index is 13.1. The van der Waals surface area contributed by atoms with Gasteiger partial charge in [-0.2, -0.15) is 0 Å². The van der Waals surface area contributed by atoms with Crippen LogP contribution in [0.15, 0.2) is 53.7 Å². The molecule has 0 aliphatic heterocycles. The number of aromatic nitrogens is 3. The largest absolute Gasteiger partial charge is 0.338 e. The molecule has 1 unspecified atom stereocenters. The Labute approximate surface area is 168 Å². The summed E-state index contributed by atoms with van der Waals surface area (Å²) in [4.78, 5) is 14.4. The van der Waals surface area contributed by atoms with Gasteiger partial charge in [-0.15, -0.1) is 10.2 Å². The number of hydrogen-bond donors (Lipinski definition) is 0. The van der Waals surface area contributed by atoms with Crippen molar-refractivity contribution in [3.8, 4) is 5.69 Å². The molecule has 0 bridgehead atoms. The van der Waals surface area contributed by atoms with Gasteiger partial charge in [-0.1, -0.05) is 42.1 Å². The number of thioether (sulfide) groups is 1. The number of para-hydroxylation sites is 1. The number of rotatable bonds is 6. The Bertz CT molecular complexity index is 971. The Kier molecular flexibility index (Phi) is 6.14. The van der Waals surface area contributed by atoms with Crippen LogP contribution in [0.1, 0.15) is 29.9 Å². The molecule has 1 aromatic heterocycles. The molecule has 28 heavy (non-hydrogen) atoms. The van der Waals surface area contributed by atoms with E-state index in [1.165, 1.54) is 23.9 Å². The Morgan fingerprint density at radius 3 is 2.50 bits per heavy atom. The first kappa shape index (κ1) is 20.1. The molecular formula is C21H23FN4OS. The SMILES string of the molecule is Cc1ccccc1-n1c(C)nnc1SCC(=O)N(C)C(C)c1ccc(F)cc1. The van der Waals surface area contributed by atoms with Crippen molar-refractivity contribution in [1.29, 1.82) is 0 Å². The van der Waals surface area contributed by atoms with Crippen LogP contribution in [0, 0.1) is 19.7 Å². The van der Waals surface area contributed by atoms with E-state index in [1.807, 2.05) is 49.6 Å². The first-order valence-corrected chi connectivity index (χ1v) is 9.99. The first-order chi connectivity index (χ1) is 13.4. The molecule has 1 atom stereocenters. The van der Waals surface area contributed by atoms with Crippen molar-refractivity contribution in [3.63, 3.8) is 0 Å². The normalized spacial score (nSPS) is 12.0. The molecule has 0 spiro atoms. The highest BCUT2D eigenvalue weighted by Gasteiger charge is 2.20. The molecule has 0 radical (unpaired) electrons. The quantitative estimate of drug-likeness (QED) is 0.580. The van der Waals surface area contributed by atoms with Gasteiger partial charge in [0.15, 0.2) is 5.16 Å². The van der Waals surface area contributed by atoms with Gasteiger partial charge in [0.25, 0.3) is 0 Å². The van der Waals surface area contributed by atoms with Gasteiger partial charge in [-0.25, -0.2) is 4.39 Å². The maximum atomic E-state index is 13.1. The van der Waals surface area contributed by atoms with Crippen LogP contribution >= 0.6 is 11.8 Å². The van der Waals surface area contributed by atoms with Crippen LogP contribution in [0.5, 0.6) is 0 Å². The zero-order valence-corrected chi connectivity index (χ0v) is 17.2. The molecule has 0 saturated carbocycles. The van der Waals surface area contributed by atoms with Gasteiger partial charge < -0.3 is 4.90 Å². The van der Waals surface area contributed by atoms with E-state index in [4.69, 9.17) is 0 Å². The van der Waals surface area contributed by atoms with Crippen LogP contribution in [0.2, 0.25) is 0 Å². The second-order valence-electron chi connectivity index (χ2n) is 6.67. The van der Waals surface area contributed by atoms with Gasteiger partial charge in [-0.3, -0.25) is 9.36 Å². The highest BCUT2D eigenvalue weighted by Crippen LogP contribution is 2.25. The Morgan fingerprint density at radius 2 is 1.82 bits per heavy atom. The number of nitrogens with zero attached hydrogens (tertiary/aromatic N) is 4. The maximum Gasteiger partial charge on any atom is 0.233 e. The zero-order valence-electron chi connectivity index (χ0n) is 16.4. The smallest absolute Gasteiger partial charge is 0.233 e. The van der Waals surface area contributed by atoms with Crippen LogP contribution in [0.4, 0.5) is 4.39 Å². The molecule has 0 N–H and O–H groups in total.